The summed E-state index contributed by atoms with van der Waals surface area (Å²) in [4.78, 5) is 11.4. The van der Waals surface area contributed by atoms with Gasteiger partial charge >= 0.3 is 5.97 Å². The smallest absolute Gasteiger partial charge is 0.338 e. The van der Waals surface area contributed by atoms with Crippen molar-refractivity contribution in [3.8, 4) is 0 Å². The Balaban J connectivity index is 2.52. The lowest BCUT2D eigenvalue weighted by Crippen LogP contribution is -2.06. The van der Waals surface area contributed by atoms with Crippen LogP contribution in [0.4, 0.5) is 0 Å². The van der Waals surface area contributed by atoms with Gasteiger partial charge in [-0.1, -0.05) is 19.4 Å². The standard InChI is InChI=1S/C11H13IO2/c1-2-3-7-14-11(13)9-5-4-6-10(12)8-9/h4-6,8H,2-3,7H2,1H3. The van der Waals surface area contributed by atoms with Crippen LogP contribution in [0.15, 0.2) is 24.3 Å². The number of unbranched alkanes of at least 4 members (excludes halogenated alkanes) is 1. The summed E-state index contributed by atoms with van der Waals surface area (Å²) in [6, 6.07) is 7.41. The highest BCUT2D eigenvalue weighted by Gasteiger charge is 2.05. The molecule has 0 aliphatic rings. The highest BCUT2D eigenvalue weighted by Crippen LogP contribution is 2.09. The average molecular weight is 304 g/mol. The third-order valence-corrected chi connectivity index (χ3v) is 2.46. The summed E-state index contributed by atoms with van der Waals surface area (Å²) in [6.07, 6.45) is 1.97. The lowest BCUT2D eigenvalue weighted by Gasteiger charge is -2.03. The minimum atomic E-state index is -0.225. The van der Waals surface area contributed by atoms with Crippen molar-refractivity contribution in [2.24, 2.45) is 0 Å². The van der Waals surface area contributed by atoms with Crippen LogP contribution in [-0.2, 0) is 4.74 Å². The van der Waals surface area contributed by atoms with E-state index in [4.69, 9.17) is 4.74 Å². The van der Waals surface area contributed by atoms with Crippen molar-refractivity contribution < 1.29 is 9.53 Å². The molecule has 0 saturated carbocycles. The molecule has 14 heavy (non-hydrogen) atoms. The van der Waals surface area contributed by atoms with Gasteiger partial charge in [0, 0.05) is 3.57 Å². The Hall–Kier alpha value is -0.580. The number of hydrogen-bond donors (Lipinski definition) is 0. The molecule has 0 atom stereocenters. The van der Waals surface area contributed by atoms with E-state index in [0.29, 0.717) is 12.2 Å². The number of rotatable bonds is 4. The molecule has 0 aliphatic heterocycles. The maximum absolute atomic E-state index is 11.4. The van der Waals surface area contributed by atoms with Crippen LogP contribution in [0.1, 0.15) is 30.1 Å². The first-order valence-electron chi connectivity index (χ1n) is 4.66. The molecule has 1 aromatic rings. The van der Waals surface area contributed by atoms with E-state index in [1.54, 1.807) is 6.07 Å². The van der Waals surface area contributed by atoms with Gasteiger partial charge < -0.3 is 4.74 Å². The van der Waals surface area contributed by atoms with E-state index < -0.39 is 0 Å². The molecule has 0 bridgehead atoms. The van der Waals surface area contributed by atoms with Crippen molar-refractivity contribution in [3.05, 3.63) is 33.4 Å². The molecule has 0 N–H and O–H groups in total. The molecule has 2 nitrogen and oxygen atoms in total. The van der Waals surface area contributed by atoms with Gasteiger partial charge in [0.15, 0.2) is 0 Å². The second-order valence-corrected chi connectivity index (χ2v) is 4.25. The fourth-order valence-corrected chi connectivity index (χ4v) is 1.55. The van der Waals surface area contributed by atoms with Gasteiger partial charge in [-0.3, -0.25) is 0 Å². The molecule has 0 unspecified atom stereocenters. The van der Waals surface area contributed by atoms with E-state index >= 15 is 0 Å². The summed E-state index contributed by atoms with van der Waals surface area (Å²) in [5.41, 5.74) is 0.632. The Morgan fingerprint density at radius 1 is 1.50 bits per heavy atom. The number of carbonyl (C=O) groups excluding carboxylic acids is 1. The molecule has 3 heteroatoms. The molecule has 76 valence electrons. The molecule has 0 saturated heterocycles. The van der Waals surface area contributed by atoms with Crippen LogP contribution in [-0.4, -0.2) is 12.6 Å². The second kappa shape index (κ2) is 6.01. The Labute approximate surface area is 97.8 Å². The normalized spacial score (nSPS) is 9.86. The Morgan fingerprint density at radius 2 is 2.29 bits per heavy atom. The van der Waals surface area contributed by atoms with Crippen molar-refractivity contribution >= 4 is 28.6 Å². The zero-order valence-electron chi connectivity index (χ0n) is 8.13. The maximum atomic E-state index is 11.4. The van der Waals surface area contributed by atoms with Crippen molar-refractivity contribution in [1.82, 2.24) is 0 Å². The van der Waals surface area contributed by atoms with E-state index in [-0.39, 0.29) is 5.97 Å². The predicted octanol–water partition coefficient (Wildman–Crippen LogP) is 3.25. The van der Waals surface area contributed by atoms with E-state index in [1.807, 2.05) is 18.2 Å². The summed E-state index contributed by atoms with van der Waals surface area (Å²) in [7, 11) is 0. The first kappa shape index (κ1) is 11.5. The Bertz CT molecular complexity index is 310. The third-order valence-electron chi connectivity index (χ3n) is 1.79. The number of carbonyl (C=O) groups is 1. The molecular formula is C11H13IO2. The molecule has 0 heterocycles. The number of hydrogen-bond acceptors (Lipinski definition) is 2. The monoisotopic (exact) mass is 304 g/mol. The molecule has 0 fully saturated rings. The zero-order valence-corrected chi connectivity index (χ0v) is 10.3. The van der Waals surface area contributed by atoms with E-state index in [2.05, 4.69) is 29.5 Å². The SMILES string of the molecule is CCCCOC(=O)c1cccc(I)c1. The molecule has 1 rings (SSSR count). The Kier molecular flexibility index (Phi) is 4.93. The van der Waals surface area contributed by atoms with Crippen LogP contribution in [0.3, 0.4) is 0 Å². The van der Waals surface area contributed by atoms with Gasteiger partial charge in [0.25, 0.3) is 0 Å². The van der Waals surface area contributed by atoms with Crippen molar-refractivity contribution in [2.75, 3.05) is 6.61 Å². The topological polar surface area (TPSA) is 26.3 Å². The quantitative estimate of drug-likeness (QED) is 0.485. The van der Waals surface area contributed by atoms with Crippen molar-refractivity contribution in [1.29, 1.82) is 0 Å². The maximum Gasteiger partial charge on any atom is 0.338 e. The van der Waals surface area contributed by atoms with Gasteiger partial charge in [-0.05, 0) is 47.2 Å². The number of halogens is 1. The number of ether oxygens (including phenoxy) is 1. The van der Waals surface area contributed by atoms with Gasteiger partial charge in [0.05, 0.1) is 12.2 Å². The van der Waals surface area contributed by atoms with Crippen molar-refractivity contribution in [3.63, 3.8) is 0 Å². The van der Waals surface area contributed by atoms with E-state index in [0.717, 1.165) is 16.4 Å². The Morgan fingerprint density at radius 3 is 2.93 bits per heavy atom. The van der Waals surface area contributed by atoms with Gasteiger partial charge in [-0.15, -0.1) is 0 Å². The van der Waals surface area contributed by atoms with Crippen LogP contribution in [0, 0.1) is 3.57 Å². The summed E-state index contributed by atoms with van der Waals surface area (Å²) in [6.45, 7) is 2.58. The van der Waals surface area contributed by atoms with Gasteiger partial charge in [-0.25, -0.2) is 4.79 Å². The van der Waals surface area contributed by atoms with Crippen LogP contribution in [0.5, 0.6) is 0 Å². The average Bonchev–Trinajstić information content (AvgIpc) is 2.18. The largest absolute Gasteiger partial charge is 0.462 e. The fourth-order valence-electron chi connectivity index (χ4n) is 1.01. The number of benzene rings is 1. The van der Waals surface area contributed by atoms with Crippen LogP contribution < -0.4 is 0 Å². The van der Waals surface area contributed by atoms with E-state index in [9.17, 15) is 4.79 Å². The van der Waals surface area contributed by atoms with Crippen LogP contribution in [0.2, 0.25) is 0 Å². The lowest BCUT2D eigenvalue weighted by molar-refractivity contribution is 0.0499. The minimum Gasteiger partial charge on any atom is -0.462 e. The number of esters is 1. The van der Waals surface area contributed by atoms with Gasteiger partial charge in [-0.2, -0.15) is 0 Å². The van der Waals surface area contributed by atoms with E-state index in [1.165, 1.54) is 0 Å². The first-order chi connectivity index (χ1) is 6.74. The van der Waals surface area contributed by atoms with Crippen LogP contribution >= 0.6 is 22.6 Å². The molecule has 0 radical (unpaired) electrons. The summed E-state index contributed by atoms with van der Waals surface area (Å²) in [5, 5.41) is 0. The minimum absolute atomic E-state index is 0.225. The van der Waals surface area contributed by atoms with Gasteiger partial charge in [0.1, 0.15) is 0 Å². The fraction of sp³-hybridized carbons (Fsp3) is 0.364. The van der Waals surface area contributed by atoms with Crippen molar-refractivity contribution in [2.45, 2.75) is 19.8 Å². The molecule has 0 aromatic heterocycles. The third kappa shape index (κ3) is 3.65. The predicted molar refractivity (Wildman–Crippen MR) is 64.3 cm³/mol. The first-order valence-corrected chi connectivity index (χ1v) is 5.74. The highest BCUT2D eigenvalue weighted by molar-refractivity contribution is 14.1. The zero-order chi connectivity index (χ0) is 10.4. The highest BCUT2D eigenvalue weighted by atomic mass is 127. The molecular weight excluding hydrogens is 291 g/mol. The second-order valence-electron chi connectivity index (χ2n) is 3.00. The molecule has 0 spiro atoms. The molecule has 0 amide bonds. The summed E-state index contributed by atoms with van der Waals surface area (Å²) >= 11 is 2.18. The summed E-state index contributed by atoms with van der Waals surface area (Å²) < 4.78 is 6.13. The molecule has 1 aromatic carbocycles. The molecule has 0 aliphatic carbocycles. The lowest BCUT2D eigenvalue weighted by atomic mass is 10.2. The van der Waals surface area contributed by atoms with Gasteiger partial charge in [0.2, 0.25) is 0 Å². The summed E-state index contributed by atoms with van der Waals surface area (Å²) in [5.74, 6) is -0.225. The van der Waals surface area contributed by atoms with Crippen LogP contribution in [0.25, 0.3) is 0 Å².